The molecule has 0 aliphatic heterocycles. The zero-order valence-electron chi connectivity index (χ0n) is 9.09. The van der Waals surface area contributed by atoms with E-state index < -0.39 is 11.0 Å². The second-order valence-corrected chi connectivity index (χ2v) is 4.40. The maximum Gasteiger partial charge on any atom is 0.287 e. The molecule has 16 heavy (non-hydrogen) atoms. The number of pyridine rings is 1. The summed E-state index contributed by atoms with van der Waals surface area (Å²) in [7, 11) is 0. The molecular formula is C11H14N2O3. The average molecular weight is 222 g/mol. The van der Waals surface area contributed by atoms with E-state index in [-0.39, 0.29) is 5.69 Å². The molecule has 1 aromatic rings. The summed E-state index contributed by atoms with van der Waals surface area (Å²) in [6.45, 7) is 2.08. The Morgan fingerprint density at radius 1 is 1.56 bits per heavy atom. The van der Waals surface area contributed by atoms with Crippen molar-refractivity contribution in [2.45, 2.75) is 32.3 Å². The van der Waals surface area contributed by atoms with Crippen molar-refractivity contribution in [2.75, 3.05) is 0 Å². The highest BCUT2D eigenvalue weighted by Gasteiger charge is 2.23. The van der Waals surface area contributed by atoms with E-state index in [2.05, 4.69) is 11.9 Å². The highest BCUT2D eigenvalue weighted by Crippen LogP contribution is 2.31. The molecule has 0 saturated heterocycles. The minimum absolute atomic E-state index is 0.0000463. The molecule has 2 rings (SSSR count). The number of hydrogen-bond acceptors (Lipinski definition) is 4. The number of hydrogen-bond donors (Lipinski definition) is 1. The molecule has 1 aliphatic rings. The van der Waals surface area contributed by atoms with Crippen LogP contribution in [0.3, 0.4) is 0 Å². The predicted molar refractivity (Wildman–Crippen MR) is 58.0 cm³/mol. The molecule has 86 valence electrons. The van der Waals surface area contributed by atoms with Crippen LogP contribution in [0.25, 0.3) is 0 Å². The number of aliphatic hydroxyl groups is 1. The predicted octanol–water partition coefficient (Wildman–Crippen LogP) is 2.00. The third kappa shape index (κ3) is 2.04. The van der Waals surface area contributed by atoms with E-state index in [0.717, 1.165) is 18.4 Å². The summed E-state index contributed by atoms with van der Waals surface area (Å²) in [6, 6.07) is 1.54. The first-order valence-electron chi connectivity index (χ1n) is 5.39. The summed E-state index contributed by atoms with van der Waals surface area (Å²) in [6.07, 6.45) is 2.99. The van der Waals surface area contributed by atoms with Gasteiger partial charge in [0.05, 0.1) is 16.7 Å². The minimum atomic E-state index is -0.583. The van der Waals surface area contributed by atoms with E-state index in [1.165, 1.54) is 12.3 Å². The number of fused-ring (bicyclic) bond motifs is 1. The van der Waals surface area contributed by atoms with Crippen LogP contribution >= 0.6 is 0 Å². The van der Waals surface area contributed by atoms with Crippen LogP contribution < -0.4 is 0 Å². The monoisotopic (exact) mass is 222 g/mol. The summed E-state index contributed by atoms with van der Waals surface area (Å²) < 4.78 is 0. The van der Waals surface area contributed by atoms with Crippen molar-refractivity contribution in [2.24, 2.45) is 5.92 Å². The Morgan fingerprint density at radius 3 is 3.00 bits per heavy atom. The lowest BCUT2D eigenvalue weighted by Gasteiger charge is -2.09. The quantitative estimate of drug-likeness (QED) is 0.448. The van der Waals surface area contributed by atoms with E-state index in [9.17, 15) is 15.2 Å². The highest BCUT2D eigenvalue weighted by molar-refractivity contribution is 5.36. The fraction of sp³-hybridized carbons (Fsp3) is 0.545. The van der Waals surface area contributed by atoms with Crippen molar-refractivity contribution in [3.8, 4) is 0 Å². The molecule has 0 amide bonds. The Morgan fingerprint density at radius 2 is 2.31 bits per heavy atom. The van der Waals surface area contributed by atoms with Crippen molar-refractivity contribution in [3.05, 3.63) is 33.6 Å². The van der Waals surface area contributed by atoms with Crippen molar-refractivity contribution >= 4 is 5.69 Å². The number of nitrogens with zero attached hydrogens (tertiary/aromatic N) is 2. The van der Waals surface area contributed by atoms with Crippen LogP contribution in [-0.4, -0.2) is 15.0 Å². The molecule has 1 heterocycles. The highest BCUT2D eigenvalue weighted by atomic mass is 16.6. The van der Waals surface area contributed by atoms with E-state index >= 15 is 0 Å². The standard InChI is InChI=1S/C11H14N2O3/c1-7-2-3-10(14)11-8(4-7)5-9(6-12-11)13(15)16/h5-7,10,14H,2-4H2,1H3/t7-,10-/m1/s1. The molecule has 1 aliphatic carbocycles. The van der Waals surface area contributed by atoms with Crippen LogP contribution in [0, 0.1) is 16.0 Å². The van der Waals surface area contributed by atoms with Crippen molar-refractivity contribution in [1.82, 2.24) is 4.98 Å². The van der Waals surface area contributed by atoms with Crippen LogP contribution in [0.5, 0.6) is 0 Å². The summed E-state index contributed by atoms with van der Waals surface area (Å²) in [5.74, 6) is 0.430. The topological polar surface area (TPSA) is 76.3 Å². The molecule has 0 bridgehead atoms. The van der Waals surface area contributed by atoms with Gasteiger partial charge in [-0.05, 0) is 30.7 Å². The van der Waals surface area contributed by atoms with Crippen LogP contribution in [0.15, 0.2) is 12.3 Å². The normalized spacial score (nSPS) is 24.6. The second kappa shape index (κ2) is 4.17. The summed E-state index contributed by atoms with van der Waals surface area (Å²) in [5, 5.41) is 20.5. The molecule has 2 atom stereocenters. The Kier molecular flexibility index (Phi) is 2.87. The van der Waals surface area contributed by atoms with Gasteiger partial charge in [-0.1, -0.05) is 6.92 Å². The third-order valence-corrected chi connectivity index (χ3v) is 3.01. The smallest absolute Gasteiger partial charge is 0.287 e. The van der Waals surface area contributed by atoms with Gasteiger partial charge in [0.25, 0.3) is 5.69 Å². The molecule has 5 nitrogen and oxygen atoms in total. The molecule has 5 heteroatoms. The molecule has 0 unspecified atom stereocenters. The van der Waals surface area contributed by atoms with Crippen molar-refractivity contribution in [3.63, 3.8) is 0 Å². The van der Waals surface area contributed by atoms with E-state index in [1.54, 1.807) is 0 Å². The molecule has 0 spiro atoms. The Bertz CT molecular complexity index is 420. The Labute approximate surface area is 93.3 Å². The van der Waals surface area contributed by atoms with Crippen LogP contribution in [0.1, 0.15) is 37.1 Å². The SMILES string of the molecule is C[C@@H]1CC[C@@H](O)c2ncc([N+](=O)[O-])cc2C1. The van der Waals surface area contributed by atoms with Gasteiger partial charge < -0.3 is 5.11 Å². The summed E-state index contributed by atoms with van der Waals surface area (Å²) in [5.41, 5.74) is 1.42. The fourth-order valence-electron chi connectivity index (χ4n) is 2.13. The number of nitro groups is 1. The summed E-state index contributed by atoms with van der Waals surface area (Å²) >= 11 is 0. The average Bonchev–Trinajstić information content (AvgIpc) is 2.38. The van der Waals surface area contributed by atoms with Gasteiger partial charge >= 0.3 is 0 Å². The maximum atomic E-state index is 10.6. The fourth-order valence-corrected chi connectivity index (χ4v) is 2.13. The molecule has 0 aromatic carbocycles. The van der Waals surface area contributed by atoms with Gasteiger partial charge in [-0.15, -0.1) is 0 Å². The Balaban J connectivity index is 2.43. The van der Waals surface area contributed by atoms with Crippen LogP contribution in [0.4, 0.5) is 5.69 Å². The largest absolute Gasteiger partial charge is 0.387 e. The molecule has 0 fully saturated rings. The zero-order valence-corrected chi connectivity index (χ0v) is 9.09. The van der Waals surface area contributed by atoms with Crippen molar-refractivity contribution < 1.29 is 10.0 Å². The lowest BCUT2D eigenvalue weighted by Crippen LogP contribution is -2.04. The molecule has 1 N–H and O–H groups in total. The maximum absolute atomic E-state index is 10.6. The van der Waals surface area contributed by atoms with Gasteiger partial charge in [0.1, 0.15) is 6.20 Å². The molecular weight excluding hydrogens is 208 g/mol. The lowest BCUT2D eigenvalue weighted by atomic mass is 10.0. The number of aliphatic hydroxyl groups excluding tert-OH is 1. The van der Waals surface area contributed by atoms with E-state index in [4.69, 9.17) is 0 Å². The van der Waals surface area contributed by atoms with Gasteiger partial charge in [-0.2, -0.15) is 0 Å². The van der Waals surface area contributed by atoms with Gasteiger partial charge in [0.15, 0.2) is 0 Å². The third-order valence-electron chi connectivity index (χ3n) is 3.01. The second-order valence-electron chi connectivity index (χ2n) is 4.40. The van der Waals surface area contributed by atoms with Gasteiger partial charge in [0.2, 0.25) is 0 Å². The number of aromatic nitrogens is 1. The van der Waals surface area contributed by atoms with Gasteiger partial charge in [-0.25, -0.2) is 0 Å². The van der Waals surface area contributed by atoms with Crippen LogP contribution in [0.2, 0.25) is 0 Å². The first-order chi connectivity index (χ1) is 7.58. The van der Waals surface area contributed by atoms with E-state index in [0.29, 0.717) is 18.0 Å². The minimum Gasteiger partial charge on any atom is -0.387 e. The van der Waals surface area contributed by atoms with E-state index in [1.807, 2.05) is 0 Å². The van der Waals surface area contributed by atoms with Gasteiger partial charge in [-0.3, -0.25) is 15.1 Å². The molecule has 0 saturated carbocycles. The summed E-state index contributed by atoms with van der Waals surface area (Å²) in [4.78, 5) is 14.2. The first kappa shape index (κ1) is 11.0. The van der Waals surface area contributed by atoms with Crippen molar-refractivity contribution in [1.29, 1.82) is 0 Å². The molecule has 1 aromatic heterocycles. The zero-order chi connectivity index (χ0) is 11.7. The number of rotatable bonds is 1. The molecule has 0 radical (unpaired) electrons. The van der Waals surface area contributed by atoms with Gasteiger partial charge in [0, 0.05) is 6.07 Å². The Hall–Kier alpha value is -1.49. The lowest BCUT2D eigenvalue weighted by molar-refractivity contribution is -0.385. The first-order valence-corrected chi connectivity index (χ1v) is 5.39. The van der Waals surface area contributed by atoms with Crippen LogP contribution in [-0.2, 0) is 6.42 Å².